The molecule has 2 aliphatic rings. The van der Waals surface area contributed by atoms with Gasteiger partial charge < -0.3 is 27.4 Å². The number of carbonyl (C=O) groups is 2. The summed E-state index contributed by atoms with van der Waals surface area (Å²) in [6.07, 6.45) is 17.8. The summed E-state index contributed by atoms with van der Waals surface area (Å²) in [4.78, 5) is 36.0. The van der Waals surface area contributed by atoms with Crippen LogP contribution in [0.2, 0.25) is 0 Å². The minimum Gasteiger partial charge on any atom is -0.420 e. The van der Waals surface area contributed by atoms with Crippen LogP contribution in [-0.2, 0) is 23.9 Å². The number of piperidine rings is 1. The first-order valence-corrected chi connectivity index (χ1v) is 18.9. The summed E-state index contributed by atoms with van der Waals surface area (Å²) in [6.45, 7) is 17.9. The normalized spacial score (nSPS) is 19.9. The second-order valence-electron chi connectivity index (χ2n) is 15.5. The van der Waals surface area contributed by atoms with Crippen molar-refractivity contribution < 1.29 is 69.4 Å². The van der Waals surface area contributed by atoms with E-state index < -0.39 is 10.7 Å². The molecule has 0 bridgehead atoms. The minimum absolute atomic E-state index is 0. The zero-order valence-corrected chi connectivity index (χ0v) is 35.0. The van der Waals surface area contributed by atoms with E-state index in [0.29, 0.717) is 6.42 Å². The maximum Gasteiger partial charge on any atom is 1.00 e. The van der Waals surface area contributed by atoms with Gasteiger partial charge in [-0.1, -0.05) is 42.7 Å². The standard InChI is InChI=1S/C39H54N5O4S.K/c1-8-33(42-20-17-40-27-42)23-34(43-18-10-11-36(43)45)22-31(29-12-14-35(15-13-29)49(47)48)21-28(3)41-19-16-30(26-41)37(46)32-24-38(4,5)44(9-2)39(6,7)25-32;/h9,12-17,19-20,26-28,31-34H,2,8,10-11,18,21-25H2,1,3-7H3;/q-1;+1. The molecule has 2 fully saturated rings. The van der Waals surface area contributed by atoms with E-state index in [1.807, 2.05) is 49.3 Å². The van der Waals surface area contributed by atoms with E-state index >= 15 is 0 Å². The number of amides is 1. The molecule has 0 saturated carbocycles. The van der Waals surface area contributed by atoms with Crippen LogP contribution in [0.4, 0.5) is 0 Å². The maximum absolute atomic E-state index is 13.9. The molecule has 266 valence electrons. The number of aromatic nitrogens is 3. The predicted molar refractivity (Wildman–Crippen MR) is 193 cm³/mol. The van der Waals surface area contributed by atoms with E-state index in [-0.39, 0.29) is 109 Å². The van der Waals surface area contributed by atoms with Gasteiger partial charge in [0.1, 0.15) is 0 Å². The van der Waals surface area contributed by atoms with Crippen molar-refractivity contribution in [1.82, 2.24) is 23.9 Å². The molecule has 2 aliphatic heterocycles. The predicted octanol–water partition coefficient (Wildman–Crippen LogP) is 5.11. The number of Topliss-reactive ketones (excluding diaryl/α,β-unsaturated/α-hetero) is 1. The fourth-order valence-corrected chi connectivity index (χ4v) is 9.19. The Morgan fingerprint density at radius 3 is 2.22 bits per heavy atom. The number of hydrogen-bond donors (Lipinski definition) is 0. The summed E-state index contributed by atoms with van der Waals surface area (Å²) < 4.78 is 27.7. The number of rotatable bonds is 15. The number of ketones is 1. The van der Waals surface area contributed by atoms with Gasteiger partial charge in [-0.2, -0.15) is 0 Å². The molecule has 1 aromatic carbocycles. The average Bonchev–Trinajstić information content (AvgIpc) is 3.84. The molecular formula is C39H54KN5O4S. The smallest absolute Gasteiger partial charge is 0.420 e. The van der Waals surface area contributed by atoms with E-state index in [1.165, 1.54) is 0 Å². The van der Waals surface area contributed by atoms with Gasteiger partial charge in [0.05, 0.1) is 6.33 Å². The topological polar surface area (TPSA) is 97.5 Å². The number of nitrogens with zero attached hydrogens (tertiary/aromatic N) is 5. The number of imidazole rings is 1. The second-order valence-corrected chi connectivity index (χ2v) is 16.4. The molecule has 4 heterocycles. The van der Waals surface area contributed by atoms with Crippen molar-refractivity contribution in [1.29, 1.82) is 0 Å². The van der Waals surface area contributed by atoms with Crippen molar-refractivity contribution in [3.63, 3.8) is 0 Å². The fourth-order valence-electron chi connectivity index (χ4n) is 8.83. The number of hydrogen-bond acceptors (Lipinski definition) is 7. The van der Waals surface area contributed by atoms with Crippen molar-refractivity contribution in [3.05, 3.63) is 85.4 Å². The summed E-state index contributed by atoms with van der Waals surface area (Å²) in [5.74, 6) is 0.361. The molecule has 9 nitrogen and oxygen atoms in total. The Kier molecular flexibility index (Phi) is 14.0. The molecule has 4 unspecified atom stereocenters. The summed E-state index contributed by atoms with van der Waals surface area (Å²) >= 11 is 0. The molecule has 0 radical (unpaired) electrons. The van der Waals surface area contributed by atoms with Crippen molar-refractivity contribution in [3.8, 4) is 0 Å². The minimum atomic E-state index is -2.31. The SMILES string of the molecule is C=CN1C(C)(C)CC(C(=O)c2ccn(C(C)CC(CC(CC(CC)n3ccnc3)N3CCCC3=O)c3ccc([S-](=O)=O)cc3)c2)CC1(C)C.[K+]. The third-order valence-electron chi connectivity index (χ3n) is 11.1. The Morgan fingerprint density at radius 2 is 1.68 bits per heavy atom. The first-order valence-electron chi connectivity index (χ1n) is 17.8. The Labute approximate surface area is 343 Å². The zero-order valence-electron chi connectivity index (χ0n) is 31.1. The van der Waals surface area contributed by atoms with Gasteiger partial charge in [-0.3, -0.25) is 9.59 Å². The van der Waals surface area contributed by atoms with Crippen molar-refractivity contribution in [2.45, 2.75) is 133 Å². The van der Waals surface area contributed by atoms with E-state index in [4.69, 9.17) is 0 Å². The Morgan fingerprint density at radius 1 is 1.00 bits per heavy atom. The van der Waals surface area contributed by atoms with E-state index in [9.17, 15) is 18.0 Å². The molecule has 1 amide bonds. The molecule has 4 atom stereocenters. The Balaban J connectivity index is 0.00000562. The van der Waals surface area contributed by atoms with Gasteiger partial charge >= 0.3 is 51.4 Å². The van der Waals surface area contributed by atoms with E-state index in [0.717, 1.165) is 62.6 Å². The van der Waals surface area contributed by atoms with Crippen molar-refractivity contribution >= 4 is 22.4 Å². The van der Waals surface area contributed by atoms with Gasteiger partial charge in [-0.15, -0.1) is 0 Å². The van der Waals surface area contributed by atoms with E-state index in [2.05, 4.69) is 72.0 Å². The third-order valence-corrected chi connectivity index (χ3v) is 11.8. The molecule has 0 N–H and O–H groups in total. The second kappa shape index (κ2) is 17.2. The van der Waals surface area contributed by atoms with Gasteiger partial charge in [0, 0.05) is 78.4 Å². The molecule has 5 rings (SSSR count). The Hall–Kier alpha value is -2.02. The molecule has 3 aromatic rings. The first-order chi connectivity index (χ1) is 23.2. The van der Waals surface area contributed by atoms with Crippen LogP contribution < -0.4 is 51.4 Å². The molecule has 2 saturated heterocycles. The number of benzene rings is 1. The van der Waals surface area contributed by atoms with Crippen LogP contribution in [0.25, 0.3) is 0 Å². The largest absolute Gasteiger partial charge is 1.00 e. The van der Waals surface area contributed by atoms with Gasteiger partial charge in [0.25, 0.3) is 0 Å². The van der Waals surface area contributed by atoms with Gasteiger partial charge in [-0.05, 0) is 114 Å². The number of likely N-dealkylation sites (tertiary alicyclic amines) is 2. The monoisotopic (exact) mass is 727 g/mol. The fraction of sp³-hybridized carbons (Fsp3) is 0.564. The maximum atomic E-state index is 13.9. The van der Waals surface area contributed by atoms with Crippen LogP contribution in [0.3, 0.4) is 0 Å². The van der Waals surface area contributed by atoms with E-state index in [1.54, 1.807) is 18.3 Å². The molecule has 11 heteroatoms. The average molecular weight is 728 g/mol. The van der Waals surface area contributed by atoms with Crippen LogP contribution in [0, 0.1) is 5.92 Å². The first kappa shape index (κ1) is 40.7. The van der Waals surface area contributed by atoms with Crippen LogP contribution >= 0.6 is 0 Å². The molecule has 0 spiro atoms. The van der Waals surface area contributed by atoms with Gasteiger partial charge in [0.2, 0.25) is 5.91 Å². The molecule has 50 heavy (non-hydrogen) atoms. The Bertz CT molecular complexity index is 1650. The van der Waals surface area contributed by atoms with Crippen LogP contribution in [-0.4, -0.2) is 59.3 Å². The van der Waals surface area contributed by atoms with Crippen LogP contribution in [0.15, 0.2) is 79.1 Å². The summed E-state index contributed by atoms with van der Waals surface area (Å²) in [6, 6.07) is 9.40. The third kappa shape index (κ3) is 9.30. The quantitative estimate of drug-likeness (QED) is 0.123. The van der Waals surface area contributed by atoms with Gasteiger partial charge in [-0.25, -0.2) is 4.98 Å². The van der Waals surface area contributed by atoms with Crippen molar-refractivity contribution in [2.75, 3.05) is 6.54 Å². The molecule has 0 aliphatic carbocycles. The summed E-state index contributed by atoms with van der Waals surface area (Å²) in [7, 11) is -2.31. The van der Waals surface area contributed by atoms with Crippen LogP contribution in [0.5, 0.6) is 0 Å². The van der Waals surface area contributed by atoms with Crippen LogP contribution in [0.1, 0.15) is 127 Å². The van der Waals surface area contributed by atoms with Gasteiger partial charge in [0.15, 0.2) is 5.78 Å². The molecule has 2 aromatic heterocycles. The number of carbonyl (C=O) groups excluding carboxylic acids is 2. The summed E-state index contributed by atoms with van der Waals surface area (Å²) in [5.41, 5.74) is 1.43. The zero-order chi connectivity index (χ0) is 35.5. The summed E-state index contributed by atoms with van der Waals surface area (Å²) in [5, 5.41) is 0. The molecular weight excluding hydrogens is 674 g/mol. The van der Waals surface area contributed by atoms with Crippen molar-refractivity contribution in [2.24, 2.45) is 5.92 Å².